The molecule has 2 rings (SSSR count). The molecule has 0 saturated heterocycles. The van der Waals surface area contributed by atoms with Gasteiger partial charge in [0.05, 0.1) is 6.20 Å². The molecule has 18 heavy (non-hydrogen) atoms. The summed E-state index contributed by atoms with van der Waals surface area (Å²) in [6, 6.07) is 8.00. The highest BCUT2D eigenvalue weighted by Gasteiger charge is 2.10. The Kier molecular flexibility index (Phi) is 3.59. The van der Waals surface area contributed by atoms with Gasteiger partial charge in [0, 0.05) is 25.3 Å². The van der Waals surface area contributed by atoms with Crippen LogP contribution in [0.2, 0.25) is 0 Å². The number of nitrogens with one attached hydrogen (secondary N) is 1. The van der Waals surface area contributed by atoms with Crippen molar-refractivity contribution in [2.24, 2.45) is 5.84 Å². The summed E-state index contributed by atoms with van der Waals surface area (Å²) in [5, 5.41) is 0.805. The summed E-state index contributed by atoms with van der Waals surface area (Å²) >= 11 is 1.32. The van der Waals surface area contributed by atoms with Crippen molar-refractivity contribution in [1.29, 1.82) is 0 Å². The molecule has 0 bridgehead atoms. The van der Waals surface area contributed by atoms with Gasteiger partial charge in [-0.05, 0) is 24.3 Å². The molecule has 1 aromatic heterocycles. The van der Waals surface area contributed by atoms with Crippen LogP contribution >= 0.6 is 11.3 Å². The predicted molar refractivity (Wildman–Crippen MR) is 73.5 cm³/mol. The molecular weight excluding hydrogens is 248 g/mol. The second kappa shape index (κ2) is 5.16. The Morgan fingerprint density at radius 2 is 2.00 bits per heavy atom. The van der Waals surface area contributed by atoms with E-state index in [9.17, 15) is 4.79 Å². The lowest BCUT2D eigenvalue weighted by atomic mass is 10.2. The van der Waals surface area contributed by atoms with Crippen molar-refractivity contribution in [1.82, 2.24) is 10.4 Å². The third kappa shape index (κ3) is 2.49. The Bertz CT molecular complexity index is 547. The molecule has 94 valence electrons. The van der Waals surface area contributed by atoms with Gasteiger partial charge in [0.15, 0.2) is 0 Å². The molecule has 1 heterocycles. The molecule has 0 aliphatic heterocycles. The van der Waals surface area contributed by atoms with Crippen LogP contribution in [0.5, 0.6) is 0 Å². The second-order valence-electron chi connectivity index (χ2n) is 3.94. The fourth-order valence-corrected chi connectivity index (χ4v) is 2.31. The van der Waals surface area contributed by atoms with Crippen LogP contribution in [0.4, 0.5) is 5.69 Å². The lowest BCUT2D eigenvalue weighted by Crippen LogP contribution is -2.29. The molecule has 6 heteroatoms. The van der Waals surface area contributed by atoms with E-state index < -0.39 is 0 Å². The number of amides is 1. The minimum atomic E-state index is -0.316. The van der Waals surface area contributed by atoms with Crippen molar-refractivity contribution >= 4 is 22.9 Å². The van der Waals surface area contributed by atoms with Crippen LogP contribution in [-0.2, 0) is 0 Å². The molecule has 0 atom stereocenters. The summed E-state index contributed by atoms with van der Waals surface area (Å²) in [4.78, 5) is 18.1. The van der Waals surface area contributed by atoms with Crippen molar-refractivity contribution in [2.45, 2.75) is 0 Å². The van der Waals surface area contributed by atoms with Crippen molar-refractivity contribution in [2.75, 3.05) is 19.0 Å². The topological polar surface area (TPSA) is 71.2 Å². The molecule has 0 unspecified atom stereocenters. The highest BCUT2D eigenvalue weighted by molar-refractivity contribution is 7.16. The highest BCUT2D eigenvalue weighted by atomic mass is 32.1. The van der Waals surface area contributed by atoms with E-state index in [0.29, 0.717) is 4.88 Å². The van der Waals surface area contributed by atoms with Gasteiger partial charge in [-0.25, -0.2) is 10.8 Å². The molecule has 1 amide bonds. The maximum atomic E-state index is 11.3. The Morgan fingerprint density at radius 3 is 2.56 bits per heavy atom. The van der Waals surface area contributed by atoms with Crippen molar-refractivity contribution < 1.29 is 4.79 Å². The van der Waals surface area contributed by atoms with Crippen LogP contribution < -0.4 is 16.2 Å². The fraction of sp³-hybridized carbons (Fsp3) is 0.167. The highest BCUT2D eigenvalue weighted by Crippen LogP contribution is 2.26. The summed E-state index contributed by atoms with van der Waals surface area (Å²) in [7, 11) is 3.98. The normalized spacial score (nSPS) is 10.2. The van der Waals surface area contributed by atoms with E-state index in [1.807, 2.05) is 43.3 Å². The van der Waals surface area contributed by atoms with Gasteiger partial charge in [0.2, 0.25) is 0 Å². The van der Waals surface area contributed by atoms with Crippen LogP contribution in [0.1, 0.15) is 9.67 Å². The van der Waals surface area contributed by atoms with Gasteiger partial charge in [0.25, 0.3) is 5.91 Å². The van der Waals surface area contributed by atoms with E-state index in [0.717, 1.165) is 16.3 Å². The number of thiazole rings is 1. The number of carbonyl (C=O) groups excluding carboxylic acids is 1. The number of benzene rings is 1. The van der Waals surface area contributed by atoms with Crippen LogP contribution in [0.25, 0.3) is 10.6 Å². The molecule has 3 N–H and O–H groups in total. The quantitative estimate of drug-likeness (QED) is 0.499. The summed E-state index contributed by atoms with van der Waals surface area (Å²) < 4.78 is 0. The Labute approximate surface area is 109 Å². The first-order valence-electron chi connectivity index (χ1n) is 5.36. The Hall–Kier alpha value is -1.92. The van der Waals surface area contributed by atoms with Crippen LogP contribution in [0.15, 0.2) is 30.5 Å². The van der Waals surface area contributed by atoms with Crippen LogP contribution in [0.3, 0.4) is 0 Å². The number of carbonyl (C=O) groups is 1. The number of nitrogen functional groups attached to an aromatic ring is 1. The molecule has 0 saturated carbocycles. The predicted octanol–water partition coefficient (Wildman–Crippen LogP) is 1.48. The van der Waals surface area contributed by atoms with Crippen LogP contribution in [-0.4, -0.2) is 25.0 Å². The standard InChI is InChI=1S/C12H14N4OS/c1-16(2)9-5-3-8(4-6-9)12-14-7-10(18-12)11(17)15-13/h3-7H,13H2,1-2H3,(H,15,17). The maximum Gasteiger partial charge on any atom is 0.276 e. The molecule has 2 aromatic rings. The van der Waals surface area contributed by atoms with Gasteiger partial charge >= 0.3 is 0 Å². The lowest BCUT2D eigenvalue weighted by Gasteiger charge is -2.11. The van der Waals surface area contributed by atoms with E-state index in [1.54, 1.807) is 0 Å². The zero-order chi connectivity index (χ0) is 13.1. The smallest absolute Gasteiger partial charge is 0.276 e. The SMILES string of the molecule is CN(C)c1ccc(-c2ncc(C(=O)NN)s2)cc1. The monoisotopic (exact) mass is 262 g/mol. The van der Waals surface area contributed by atoms with E-state index in [-0.39, 0.29) is 5.91 Å². The molecular formula is C12H14N4OS. The maximum absolute atomic E-state index is 11.3. The molecule has 0 radical (unpaired) electrons. The Morgan fingerprint density at radius 1 is 1.33 bits per heavy atom. The third-order valence-electron chi connectivity index (χ3n) is 2.49. The largest absolute Gasteiger partial charge is 0.378 e. The molecule has 5 nitrogen and oxygen atoms in total. The van der Waals surface area contributed by atoms with Crippen molar-refractivity contribution in [3.05, 3.63) is 35.3 Å². The number of hydrogen-bond donors (Lipinski definition) is 2. The summed E-state index contributed by atoms with van der Waals surface area (Å²) in [6.07, 6.45) is 1.53. The molecule has 0 aliphatic carbocycles. The molecule has 0 fully saturated rings. The Balaban J connectivity index is 2.26. The number of nitrogens with zero attached hydrogens (tertiary/aromatic N) is 2. The van der Waals surface area contributed by atoms with E-state index in [4.69, 9.17) is 5.84 Å². The zero-order valence-electron chi connectivity index (χ0n) is 10.2. The number of anilines is 1. The first kappa shape index (κ1) is 12.5. The van der Waals surface area contributed by atoms with E-state index >= 15 is 0 Å². The summed E-state index contributed by atoms with van der Waals surface area (Å²) in [6.45, 7) is 0. The minimum Gasteiger partial charge on any atom is -0.378 e. The van der Waals surface area contributed by atoms with Gasteiger partial charge in [0.1, 0.15) is 9.88 Å². The van der Waals surface area contributed by atoms with Crippen molar-refractivity contribution in [3.8, 4) is 10.6 Å². The van der Waals surface area contributed by atoms with Crippen molar-refractivity contribution in [3.63, 3.8) is 0 Å². The molecule has 0 aliphatic rings. The first-order chi connectivity index (χ1) is 8.61. The van der Waals surface area contributed by atoms with E-state index in [1.165, 1.54) is 17.5 Å². The minimum absolute atomic E-state index is 0.316. The van der Waals surface area contributed by atoms with Gasteiger partial charge in [-0.1, -0.05) is 0 Å². The molecule has 0 spiro atoms. The number of nitrogens with two attached hydrogens (primary N) is 1. The number of hydrogen-bond acceptors (Lipinski definition) is 5. The number of hydrazine groups is 1. The summed E-state index contributed by atoms with van der Waals surface area (Å²) in [5.74, 6) is 4.76. The number of rotatable bonds is 3. The second-order valence-corrected chi connectivity index (χ2v) is 4.98. The first-order valence-corrected chi connectivity index (χ1v) is 6.18. The number of aromatic nitrogens is 1. The van der Waals surface area contributed by atoms with Gasteiger partial charge in [-0.2, -0.15) is 0 Å². The fourth-order valence-electron chi connectivity index (χ4n) is 1.49. The van der Waals surface area contributed by atoms with Gasteiger partial charge < -0.3 is 4.90 Å². The lowest BCUT2D eigenvalue weighted by molar-refractivity contribution is 0.0957. The van der Waals surface area contributed by atoms with Gasteiger partial charge in [-0.15, -0.1) is 11.3 Å². The zero-order valence-corrected chi connectivity index (χ0v) is 11.0. The van der Waals surface area contributed by atoms with Crippen LogP contribution in [0, 0.1) is 0 Å². The summed E-state index contributed by atoms with van der Waals surface area (Å²) in [5.41, 5.74) is 4.20. The third-order valence-corrected chi connectivity index (χ3v) is 3.54. The van der Waals surface area contributed by atoms with E-state index in [2.05, 4.69) is 10.4 Å². The average molecular weight is 262 g/mol. The van der Waals surface area contributed by atoms with Gasteiger partial charge in [-0.3, -0.25) is 10.2 Å². The molecule has 1 aromatic carbocycles. The average Bonchev–Trinajstić information content (AvgIpc) is 2.87.